The first-order chi connectivity index (χ1) is 9.41. The summed E-state index contributed by atoms with van der Waals surface area (Å²) < 4.78 is 6.11. The van der Waals surface area contributed by atoms with Gasteiger partial charge in [0.1, 0.15) is 11.4 Å². The monoisotopic (exact) mass is 268 g/mol. The number of para-hydroxylation sites is 1. The first-order valence-corrected chi connectivity index (χ1v) is 7.11. The molecule has 3 rings (SSSR count). The Bertz CT molecular complexity index is 622. The molecule has 0 saturated heterocycles. The van der Waals surface area contributed by atoms with E-state index in [2.05, 4.69) is 39.0 Å². The number of fused-ring (bicyclic) bond motifs is 1. The lowest BCUT2D eigenvalue weighted by Gasteiger charge is -2.45. The first kappa shape index (κ1) is 13.2. The van der Waals surface area contributed by atoms with Gasteiger partial charge in [-0.15, -0.1) is 0 Å². The third-order valence-corrected chi connectivity index (χ3v) is 4.26. The fourth-order valence-electron chi connectivity index (χ4n) is 3.49. The second kappa shape index (κ2) is 4.34. The third-order valence-electron chi connectivity index (χ3n) is 4.26. The molecule has 0 N–H and O–H groups in total. The first-order valence-electron chi connectivity index (χ1n) is 7.11. The van der Waals surface area contributed by atoms with Gasteiger partial charge in [0.15, 0.2) is 5.78 Å². The largest absolute Gasteiger partial charge is 0.488 e. The van der Waals surface area contributed by atoms with Gasteiger partial charge in [0.2, 0.25) is 0 Å². The van der Waals surface area contributed by atoms with Gasteiger partial charge in [-0.3, -0.25) is 4.79 Å². The van der Waals surface area contributed by atoms with Gasteiger partial charge in [-0.05, 0) is 31.6 Å². The Morgan fingerprint density at radius 2 is 1.85 bits per heavy atom. The third kappa shape index (κ3) is 2.09. The Kier molecular flexibility index (Phi) is 2.86. The molecule has 1 aromatic carbocycles. The van der Waals surface area contributed by atoms with Crippen molar-refractivity contribution in [2.45, 2.75) is 44.6 Å². The normalized spacial score (nSPS) is 27.6. The Morgan fingerprint density at radius 3 is 2.55 bits per heavy atom. The molecule has 1 atom stereocenters. The number of carbonyl (C=O) groups excluding carboxylic acids is 1. The maximum atomic E-state index is 11.4. The highest BCUT2D eigenvalue weighted by molar-refractivity contribution is 5.92. The molecule has 0 saturated carbocycles. The molecule has 0 aromatic heterocycles. The van der Waals surface area contributed by atoms with Crippen LogP contribution in [0.4, 0.5) is 0 Å². The number of carbonyl (C=O) groups is 1. The van der Waals surface area contributed by atoms with Gasteiger partial charge in [0.05, 0.1) is 0 Å². The predicted molar refractivity (Wildman–Crippen MR) is 80.0 cm³/mol. The van der Waals surface area contributed by atoms with E-state index in [0.29, 0.717) is 6.42 Å². The van der Waals surface area contributed by atoms with E-state index in [1.165, 1.54) is 11.1 Å². The van der Waals surface area contributed by atoms with Crippen LogP contribution < -0.4 is 4.74 Å². The minimum absolute atomic E-state index is 0.102. The van der Waals surface area contributed by atoms with Gasteiger partial charge in [-0.2, -0.15) is 0 Å². The van der Waals surface area contributed by atoms with Gasteiger partial charge in [-0.25, -0.2) is 0 Å². The number of benzene rings is 1. The maximum absolute atomic E-state index is 11.4. The van der Waals surface area contributed by atoms with Crippen LogP contribution in [0.5, 0.6) is 5.75 Å². The highest BCUT2D eigenvalue weighted by Crippen LogP contribution is 2.49. The van der Waals surface area contributed by atoms with Crippen molar-refractivity contribution in [3.63, 3.8) is 0 Å². The van der Waals surface area contributed by atoms with Crippen LogP contribution in [0.1, 0.15) is 39.2 Å². The van der Waals surface area contributed by atoms with Crippen molar-refractivity contribution in [1.29, 1.82) is 0 Å². The van der Waals surface area contributed by atoms with Crippen molar-refractivity contribution in [2.75, 3.05) is 0 Å². The minimum Gasteiger partial charge on any atom is -0.488 e. The lowest BCUT2D eigenvalue weighted by atomic mass is 9.66. The minimum atomic E-state index is -0.209. The molecular formula is C18H20O2. The van der Waals surface area contributed by atoms with Crippen molar-refractivity contribution in [2.24, 2.45) is 0 Å². The zero-order chi connectivity index (χ0) is 14.4. The summed E-state index contributed by atoms with van der Waals surface area (Å²) >= 11 is 0. The number of allylic oxidation sites excluding steroid dienone is 4. The van der Waals surface area contributed by atoms with E-state index in [1.54, 1.807) is 6.08 Å². The Morgan fingerprint density at radius 1 is 1.10 bits per heavy atom. The number of hydrogen-bond acceptors (Lipinski definition) is 2. The topological polar surface area (TPSA) is 26.3 Å². The van der Waals surface area contributed by atoms with Crippen molar-refractivity contribution in [3.8, 4) is 5.75 Å². The molecule has 20 heavy (non-hydrogen) atoms. The molecule has 0 bridgehead atoms. The zero-order valence-corrected chi connectivity index (χ0v) is 12.3. The molecule has 1 unspecified atom stereocenters. The summed E-state index contributed by atoms with van der Waals surface area (Å²) in [6.45, 7) is 6.50. The van der Waals surface area contributed by atoms with Crippen molar-refractivity contribution in [1.82, 2.24) is 0 Å². The molecule has 0 spiro atoms. The molecule has 1 aliphatic heterocycles. The van der Waals surface area contributed by atoms with Crippen LogP contribution in [0.25, 0.3) is 0 Å². The van der Waals surface area contributed by atoms with E-state index < -0.39 is 0 Å². The summed E-state index contributed by atoms with van der Waals surface area (Å²) in [6.07, 6.45) is 7.16. The summed E-state index contributed by atoms with van der Waals surface area (Å²) in [5.41, 5.74) is 2.12. The van der Waals surface area contributed by atoms with Crippen LogP contribution in [-0.2, 0) is 10.2 Å². The van der Waals surface area contributed by atoms with Gasteiger partial charge < -0.3 is 4.74 Å². The molecule has 0 fully saturated rings. The molecule has 0 amide bonds. The summed E-state index contributed by atoms with van der Waals surface area (Å²) in [4.78, 5) is 11.4. The molecule has 2 aliphatic rings. The number of hydrogen-bond donors (Lipinski definition) is 0. The Balaban J connectivity index is 2.12. The summed E-state index contributed by atoms with van der Waals surface area (Å²) in [7, 11) is 0. The average molecular weight is 268 g/mol. The van der Waals surface area contributed by atoms with Crippen LogP contribution in [0.2, 0.25) is 0 Å². The highest BCUT2D eigenvalue weighted by atomic mass is 16.5. The van der Waals surface area contributed by atoms with Crippen LogP contribution in [0, 0.1) is 0 Å². The molecule has 0 radical (unpaired) electrons. The average Bonchev–Trinajstić information content (AvgIpc) is 2.38. The molecule has 2 nitrogen and oxygen atoms in total. The summed E-state index contributed by atoms with van der Waals surface area (Å²) in [5, 5.41) is 0. The van der Waals surface area contributed by atoms with Gasteiger partial charge >= 0.3 is 0 Å². The van der Waals surface area contributed by atoms with Gasteiger partial charge in [-0.1, -0.05) is 37.3 Å². The molecule has 1 aliphatic carbocycles. The quantitative estimate of drug-likeness (QED) is 0.770. The number of rotatable bonds is 1. The molecule has 104 valence electrons. The van der Waals surface area contributed by atoms with Crippen molar-refractivity contribution >= 4 is 5.78 Å². The van der Waals surface area contributed by atoms with Crippen LogP contribution in [0.3, 0.4) is 0 Å². The summed E-state index contributed by atoms with van der Waals surface area (Å²) in [5.74, 6) is 1.13. The van der Waals surface area contributed by atoms with E-state index >= 15 is 0 Å². The smallest absolute Gasteiger partial charge is 0.159 e. The zero-order valence-electron chi connectivity index (χ0n) is 12.3. The van der Waals surface area contributed by atoms with Crippen molar-refractivity contribution in [3.05, 3.63) is 53.6 Å². The van der Waals surface area contributed by atoms with Crippen LogP contribution >= 0.6 is 0 Å². The second-order valence-corrected chi connectivity index (χ2v) is 6.53. The molecular weight excluding hydrogens is 248 g/mol. The van der Waals surface area contributed by atoms with Crippen LogP contribution in [0.15, 0.2) is 48.1 Å². The Labute approximate surface area is 120 Å². The molecule has 2 heteroatoms. The van der Waals surface area contributed by atoms with Crippen molar-refractivity contribution < 1.29 is 9.53 Å². The number of ether oxygens (including phenoxy) is 1. The Hall–Kier alpha value is -1.83. The van der Waals surface area contributed by atoms with Gasteiger partial charge in [0, 0.05) is 23.8 Å². The lowest BCUT2D eigenvalue weighted by molar-refractivity contribution is -0.113. The standard InChI is InChI=1S/C18H20O2/c1-17(2)12-18(3,13-8-10-14(19)11-9-13)15-6-4-5-7-16(15)20-17/h4-10H,11-12H2,1-3H3. The van der Waals surface area contributed by atoms with Crippen LogP contribution in [-0.4, -0.2) is 11.4 Å². The van der Waals surface area contributed by atoms with E-state index in [9.17, 15) is 4.79 Å². The van der Waals surface area contributed by atoms with Gasteiger partial charge in [0.25, 0.3) is 0 Å². The predicted octanol–water partition coefficient (Wildman–Crippen LogP) is 3.96. The number of ketones is 1. The van der Waals surface area contributed by atoms with E-state index in [0.717, 1.165) is 12.2 Å². The van der Waals surface area contributed by atoms with E-state index in [-0.39, 0.29) is 16.8 Å². The summed E-state index contributed by atoms with van der Waals surface area (Å²) in [6, 6.07) is 8.23. The fraction of sp³-hybridized carbons (Fsp3) is 0.389. The SMILES string of the molecule is CC1(C)CC(C)(C2=CCC(=O)C=C2)c2ccccc2O1. The van der Waals surface area contributed by atoms with E-state index in [4.69, 9.17) is 4.74 Å². The molecule has 1 aromatic rings. The fourth-order valence-corrected chi connectivity index (χ4v) is 3.49. The maximum Gasteiger partial charge on any atom is 0.159 e. The second-order valence-electron chi connectivity index (χ2n) is 6.53. The highest BCUT2D eigenvalue weighted by Gasteiger charge is 2.43. The van der Waals surface area contributed by atoms with E-state index in [1.807, 2.05) is 18.2 Å². The lowest BCUT2D eigenvalue weighted by Crippen LogP contribution is -2.43. The molecule has 1 heterocycles.